The molecule has 5 N–H and O–H groups in total. The molecule has 1 saturated carbocycles. The minimum atomic E-state index is -0.872. The third-order valence-corrected chi connectivity index (χ3v) is 6.04. The van der Waals surface area contributed by atoms with E-state index >= 15 is 0 Å². The van der Waals surface area contributed by atoms with Crippen molar-refractivity contribution in [3.05, 3.63) is 46.4 Å². The zero-order valence-corrected chi connectivity index (χ0v) is 14.8. The van der Waals surface area contributed by atoms with E-state index < -0.39 is 5.66 Å². The SMILES string of the molecule is NC1(c2nnc(C3CCC3)s2)C=Cc2ncc(Nc3cn[nH]c3)cc2N1. The van der Waals surface area contributed by atoms with Gasteiger partial charge in [-0.25, -0.2) is 0 Å². The summed E-state index contributed by atoms with van der Waals surface area (Å²) in [4.78, 5) is 4.48. The molecule has 1 fully saturated rings. The Labute approximate surface area is 154 Å². The molecule has 2 aliphatic rings. The number of nitrogens with two attached hydrogens (primary N) is 1. The summed E-state index contributed by atoms with van der Waals surface area (Å²) >= 11 is 1.60. The molecule has 0 bridgehead atoms. The molecule has 0 spiro atoms. The van der Waals surface area contributed by atoms with Crippen LogP contribution in [-0.4, -0.2) is 25.4 Å². The van der Waals surface area contributed by atoms with Crippen molar-refractivity contribution in [3.8, 4) is 0 Å². The molecule has 9 heteroatoms. The number of rotatable bonds is 4. The number of pyridine rings is 1. The Morgan fingerprint density at radius 3 is 2.92 bits per heavy atom. The van der Waals surface area contributed by atoms with Crippen LogP contribution in [0.15, 0.2) is 30.7 Å². The zero-order chi connectivity index (χ0) is 17.6. The Morgan fingerprint density at radius 1 is 1.23 bits per heavy atom. The van der Waals surface area contributed by atoms with Crippen LogP contribution in [0.25, 0.3) is 6.08 Å². The molecular weight excluding hydrogens is 348 g/mol. The lowest BCUT2D eigenvalue weighted by atomic mass is 9.86. The van der Waals surface area contributed by atoms with E-state index in [4.69, 9.17) is 5.73 Å². The molecule has 26 heavy (non-hydrogen) atoms. The highest BCUT2D eigenvalue weighted by Gasteiger charge is 2.34. The van der Waals surface area contributed by atoms with Crippen molar-refractivity contribution in [3.63, 3.8) is 0 Å². The molecule has 1 atom stereocenters. The summed E-state index contributed by atoms with van der Waals surface area (Å²) in [7, 11) is 0. The van der Waals surface area contributed by atoms with Gasteiger partial charge in [0.25, 0.3) is 0 Å². The number of nitrogens with zero attached hydrogens (tertiary/aromatic N) is 4. The summed E-state index contributed by atoms with van der Waals surface area (Å²) in [5.74, 6) is 0.553. The number of hydrogen-bond donors (Lipinski definition) is 4. The molecule has 5 rings (SSSR count). The Morgan fingerprint density at radius 2 is 2.15 bits per heavy atom. The molecule has 0 aromatic carbocycles. The van der Waals surface area contributed by atoms with Gasteiger partial charge in [0.05, 0.1) is 35.1 Å². The second-order valence-electron chi connectivity index (χ2n) is 6.67. The molecule has 0 amide bonds. The second-order valence-corrected chi connectivity index (χ2v) is 7.68. The van der Waals surface area contributed by atoms with Gasteiger partial charge in [-0.15, -0.1) is 10.2 Å². The van der Waals surface area contributed by atoms with E-state index in [1.165, 1.54) is 19.3 Å². The summed E-state index contributed by atoms with van der Waals surface area (Å²) in [5.41, 5.74) is 9.14. The number of anilines is 3. The minimum Gasteiger partial charge on any atom is -0.357 e. The molecule has 3 aromatic heterocycles. The van der Waals surface area contributed by atoms with Crippen molar-refractivity contribution < 1.29 is 0 Å². The van der Waals surface area contributed by atoms with Crippen LogP contribution in [0, 0.1) is 0 Å². The lowest BCUT2D eigenvalue weighted by Gasteiger charge is -2.30. The van der Waals surface area contributed by atoms with Crippen LogP contribution in [0.4, 0.5) is 17.1 Å². The predicted octanol–water partition coefficient (Wildman–Crippen LogP) is 2.92. The zero-order valence-electron chi connectivity index (χ0n) is 13.9. The molecule has 1 aliphatic heterocycles. The smallest absolute Gasteiger partial charge is 0.161 e. The Balaban J connectivity index is 1.41. The molecule has 0 saturated heterocycles. The van der Waals surface area contributed by atoms with E-state index in [9.17, 15) is 0 Å². The monoisotopic (exact) mass is 366 g/mol. The van der Waals surface area contributed by atoms with Crippen molar-refractivity contribution >= 4 is 34.5 Å². The number of aromatic amines is 1. The summed E-state index contributed by atoms with van der Waals surface area (Å²) in [6.07, 6.45) is 12.8. The third kappa shape index (κ3) is 2.65. The van der Waals surface area contributed by atoms with Gasteiger partial charge in [-0.2, -0.15) is 5.10 Å². The van der Waals surface area contributed by atoms with Gasteiger partial charge in [0, 0.05) is 12.1 Å². The van der Waals surface area contributed by atoms with Gasteiger partial charge in [0.2, 0.25) is 0 Å². The Kier molecular flexibility index (Phi) is 3.50. The maximum atomic E-state index is 6.60. The van der Waals surface area contributed by atoms with E-state index in [1.54, 1.807) is 29.9 Å². The van der Waals surface area contributed by atoms with Crippen molar-refractivity contribution in [1.29, 1.82) is 0 Å². The fourth-order valence-electron chi connectivity index (χ4n) is 3.08. The maximum Gasteiger partial charge on any atom is 0.161 e. The average molecular weight is 366 g/mol. The van der Waals surface area contributed by atoms with Gasteiger partial charge < -0.3 is 10.6 Å². The topological polar surface area (TPSA) is 117 Å². The van der Waals surface area contributed by atoms with E-state index in [2.05, 4.69) is 36.0 Å². The lowest BCUT2D eigenvalue weighted by molar-refractivity contribution is 0.416. The van der Waals surface area contributed by atoms with Crippen LogP contribution >= 0.6 is 11.3 Å². The highest BCUT2D eigenvalue weighted by Crippen LogP contribution is 2.40. The van der Waals surface area contributed by atoms with Gasteiger partial charge in [-0.05, 0) is 31.1 Å². The maximum absolute atomic E-state index is 6.60. The summed E-state index contributed by atoms with van der Waals surface area (Å²) in [6.45, 7) is 0. The Bertz CT molecular complexity index is 959. The second kappa shape index (κ2) is 5.89. The summed E-state index contributed by atoms with van der Waals surface area (Å²) < 4.78 is 0. The van der Waals surface area contributed by atoms with Crippen LogP contribution in [0.2, 0.25) is 0 Å². The van der Waals surface area contributed by atoms with Crippen molar-refractivity contribution in [2.24, 2.45) is 5.73 Å². The quantitative estimate of drug-likeness (QED) is 0.561. The highest BCUT2D eigenvalue weighted by molar-refractivity contribution is 7.11. The van der Waals surface area contributed by atoms with E-state index in [1.807, 2.05) is 18.2 Å². The molecule has 4 heterocycles. The minimum absolute atomic E-state index is 0.553. The van der Waals surface area contributed by atoms with Gasteiger partial charge >= 0.3 is 0 Å². The number of nitrogens with one attached hydrogen (secondary N) is 3. The molecule has 8 nitrogen and oxygen atoms in total. The fraction of sp³-hybridized carbons (Fsp3) is 0.294. The first-order valence-corrected chi connectivity index (χ1v) is 9.37. The van der Waals surface area contributed by atoms with E-state index in [0.717, 1.165) is 32.8 Å². The Hall–Kier alpha value is -2.78. The predicted molar refractivity (Wildman–Crippen MR) is 101 cm³/mol. The molecular formula is C17H18N8S. The number of hydrogen-bond acceptors (Lipinski definition) is 8. The molecule has 1 unspecified atom stereocenters. The fourth-order valence-corrected chi connectivity index (χ4v) is 4.14. The van der Waals surface area contributed by atoms with Crippen LogP contribution in [-0.2, 0) is 5.66 Å². The first-order valence-electron chi connectivity index (χ1n) is 8.56. The standard InChI is InChI=1S/C17H18N8S/c18-17(16-25-24-15(26-16)10-2-1-3-10)5-4-13-14(23-17)6-11(7-19-13)22-12-8-20-21-9-12/h4-10,22-23H,1-3,18H2,(H,20,21). The van der Waals surface area contributed by atoms with Crippen molar-refractivity contribution in [2.45, 2.75) is 30.8 Å². The average Bonchev–Trinajstić information content (AvgIpc) is 3.25. The summed E-state index contributed by atoms with van der Waals surface area (Å²) in [5, 5.41) is 23.9. The third-order valence-electron chi connectivity index (χ3n) is 4.80. The first kappa shape index (κ1) is 15.5. The normalized spacial score (nSPS) is 21.7. The molecule has 0 radical (unpaired) electrons. The van der Waals surface area contributed by atoms with Crippen molar-refractivity contribution in [1.82, 2.24) is 25.4 Å². The van der Waals surface area contributed by atoms with E-state index in [-0.39, 0.29) is 0 Å². The number of H-pyrrole nitrogens is 1. The van der Waals surface area contributed by atoms with Crippen LogP contribution < -0.4 is 16.4 Å². The highest BCUT2D eigenvalue weighted by atomic mass is 32.1. The van der Waals surface area contributed by atoms with Gasteiger partial charge in [-0.1, -0.05) is 17.8 Å². The molecule has 1 aliphatic carbocycles. The van der Waals surface area contributed by atoms with Crippen LogP contribution in [0.3, 0.4) is 0 Å². The summed E-state index contributed by atoms with van der Waals surface area (Å²) in [6, 6.07) is 1.98. The van der Waals surface area contributed by atoms with Crippen LogP contribution in [0.5, 0.6) is 0 Å². The van der Waals surface area contributed by atoms with E-state index in [0.29, 0.717) is 5.92 Å². The first-order chi connectivity index (χ1) is 12.7. The van der Waals surface area contributed by atoms with Gasteiger partial charge in [0.15, 0.2) is 10.7 Å². The van der Waals surface area contributed by atoms with Gasteiger partial charge in [0.1, 0.15) is 5.01 Å². The molecule has 132 valence electrons. The van der Waals surface area contributed by atoms with Gasteiger partial charge in [-0.3, -0.25) is 15.8 Å². The lowest BCUT2D eigenvalue weighted by Crippen LogP contribution is -2.44. The number of fused-ring (bicyclic) bond motifs is 1. The van der Waals surface area contributed by atoms with Crippen molar-refractivity contribution in [2.75, 3.05) is 10.6 Å². The number of aromatic nitrogens is 5. The van der Waals surface area contributed by atoms with Crippen LogP contribution in [0.1, 0.15) is 40.9 Å². The molecule has 3 aromatic rings. The largest absolute Gasteiger partial charge is 0.357 e.